The zero-order valence-corrected chi connectivity index (χ0v) is 30.8. The van der Waals surface area contributed by atoms with E-state index in [1.165, 1.54) is 81.4 Å². The summed E-state index contributed by atoms with van der Waals surface area (Å²) in [4.78, 5) is 2.45. The van der Waals surface area contributed by atoms with E-state index in [2.05, 4.69) is 170 Å². The van der Waals surface area contributed by atoms with Crippen molar-refractivity contribution in [3.8, 4) is 33.4 Å². The summed E-state index contributed by atoms with van der Waals surface area (Å²) in [5, 5.41) is 2.29. The Hall–Kier alpha value is -5.86. The molecule has 2 heteroatoms. The van der Waals surface area contributed by atoms with Gasteiger partial charge in [-0.05, 0) is 123 Å². The highest BCUT2D eigenvalue weighted by Gasteiger charge is 2.56. The van der Waals surface area contributed by atoms with Gasteiger partial charge in [0.05, 0.1) is 5.69 Å². The van der Waals surface area contributed by atoms with E-state index in [1.807, 2.05) is 0 Å². The number of fused-ring (bicyclic) bond motifs is 14. The lowest BCUT2D eigenvalue weighted by atomic mass is 9.67. The molecule has 1 heterocycles. The SMILES string of the molecule is CC1(C)c2ccccc2-c2cccc(-c3ccc(N(c4ccc5c(c4)C4(CC6CCC4C6)c4ccccc4-5)c4cccc5c4oc4ccccc45)cc3)c21. The molecule has 8 aromatic rings. The summed E-state index contributed by atoms with van der Waals surface area (Å²) in [5.41, 5.74) is 19.2. The first-order valence-electron chi connectivity index (χ1n) is 19.8. The van der Waals surface area contributed by atoms with Gasteiger partial charge < -0.3 is 9.32 Å². The van der Waals surface area contributed by atoms with Crippen molar-refractivity contribution in [2.75, 3.05) is 4.90 Å². The fourth-order valence-corrected chi connectivity index (χ4v) is 11.7. The first-order chi connectivity index (χ1) is 26.5. The summed E-state index contributed by atoms with van der Waals surface area (Å²) in [5.74, 6) is 1.53. The first-order valence-corrected chi connectivity index (χ1v) is 19.8. The molecule has 1 aromatic heterocycles. The van der Waals surface area contributed by atoms with Crippen LogP contribution in [0.5, 0.6) is 0 Å². The van der Waals surface area contributed by atoms with E-state index in [-0.39, 0.29) is 10.8 Å². The highest BCUT2D eigenvalue weighted by molar-refractivity contribution is 6.10. The van der Waals surface area contributed by atoms with Crippen molar-refractivity contribution in [3.63, 3.8) is 0 Å². The van der Waals surface area contributed by atoms with Crippen LogP contribution in [0.4, 0.5) is 17.1 Å². The molecule has 3 unspecified atom stereocenters. The molecule has 2 saturated carbocycles. The van der Waals surface area contributed by atoms with Gasteiger partial charge in [0.25, 0.3) is 0 Å². The summed E-state index contributed by atoms with van der Waals surface area (Å²) in [6, 6.07) is 56.7. The molecule has 2 bridgehead atoms. The second-order valence-corrected chi connectivity index (χ2v) is 16.9. The Kier molecular flexibility index (Phi) is 6.15. The average molecular weight is 696 g/mol. The summed E-state index contributed by atoms with van der Waals surface area (Å²) < 4.78 is 6.74. The van der Waals surface area contributed by atoms with Gasteiger partial charge in [-0.3, -0.25) is 0 Å². The van der Waals surface area contributed by atoms with Gasteiger partial charge in [0.15, 0.2) is 5.58 Å². The van der Waals surface area contributed by atoms with E-state index in [0.29, 0.717) is 5.92 Å². The molecule has 4 aliphatic rings. The Labute approximate surface area is 316 Å². The van der Waals surface area contributed by atoms with Crippen LogP contribution in [0.2, 0.25) is 0 Å². The van der Waals surface area contributed by atoms with Gasteiger partial charge in [0.2, 0.25) is 0 Å². The largest absolute Gasteiger partial charge is 0.454 e. The number of hydrogen-bond donors (Lipinski definition) is 0. The summed E-state index contributed by atoms with van der Waals surface area (Å²) in [6.07, 6.45) is 5.33. The zero-order chi connectivity index (χ0) is 35.8. The number of furan rings is 1. The second kappa shape index (κ2) is 10.9. The Morgan fingerprint density at radius 3 is 2.04 bits per heavy atom. The molecule has 12 rings (SSSR count). The van der Waals surface area contributed by atoms with Crippen LogP contribution in [0.15, 0.2) is 156 Å². The maximum Gasteiger partial charge on any atom is 0.159 e. The smallest absolute Gasteiger partial charge is 0.159 e. The maximum atomic E-state index is 6.74. The van der Waals surface area contributed by atoms with Gasteiger partial charge in [-0.25, -0.2) is 0 Å². The molecule has 0 amide bonds. The normalized spacial score (nSPS) is 21.1. The molecule has 54 heavy (non-hydrogen) atoms. The van der Waals surface area contributed by atoms with Gasteiger partial charge in [-0.1, -0.05) is 136 Å². The van der Waals surface area contributed by atoms with Crippen LogP contribution < -0.4 is 4.90 Å². The van der Waals surface area contributed by atoms with Crippen molar-refractivity contribution in [2.24, 2.45) is 11.8 Å². The number of hydrogen-bond acceptors (Lipinski definition) is 2. The van der Waals surface area contributed by atoms with Crippen LogP contribution in [0.25, 0.3) is 55.3 Å². The van der Waals surface area contributed by atoms with Gasteiger partial charge in [-0.2, -0.15) is 0 Å². The van der Waals surface area contributed by atoms with Gasteiger partial charge in [0.1, 0.15) is 5.58 Å². The van der Waals surface area contributed by atoms with Crippen molar-refractivity contribution >= 4 is 39.0 Å². The molecular formula is C52H41NO. The zero-order valence-electron chi connectivity index (χ0n) is 30.8. The third-order valence-electron chi connectivity index (χ3n) is 13.9. The standard InChI is InChI=1S/C52H41NO/c1-51(2)44-17-6-3-12-39(44)42-15-9-14-37(49(42)51)33-22-25-35(26-23-33)53(47-19-10-16-43-41-13-5-8-20-48(41)54-50(43)47)36-27-28-40-38-11-4-7-18-45(38)52(46(40)30-36)31-32-21-24-34(52)29-32/h3-20,22-23,25-28,30,32,34H,21,24,29,31H2,1-2H3. The van der Waals surface area contributed by atoms with Crippen LogP contribution >= 0.6 is 0 Å². The highest BCUT2D eigenvalue weighted by atomic mass is 16.3. The van der Waals surface area contributed by atoms with Gasteiger partial charge in [-0.15, -0.1) is 0 Å². The Balaban J connectivity index is 1.05. The molecule has 7 aromatic carbocycles. The van der Waals surface area contributed by atoms with E-state index in [9.17, 15) is 0 Å². The number of nitrogens with zero attached hydrogens (tertiary/aromatic N) is 1. The summed E-state index contributed by atoms with van der Waals surface area (Å²) in [6.45, 7) is 4.75. The fraction of sp³-hybridized carbons (Fsp3) is 0.192. The van der Waals surface area contributed by atoms with Crippen molar-refractivity contribution in [1.29, 1.82) is 0 Å². The monoisotopic (exact) mass is 695 g/mol. The lowest BCUT2D eigenvalue weighted by Gasteiger charge is -2.37. The van der Waals surface area contributed by atoms with E-state index >= 15 is 0 Å². The number of benzene rings is 7. The molecule has 1 spiro atoms. The highest BCUT2D eigenvalue weighted by Crippen LogP contribution is 2.66. The minimum absolute atomic E-state index is 0.0815. The minimum Gasteiger partial charge on any atom is -0.454 e. The molecule has 260 valence electrons. The number of anilines is 3. The summed E-state index contributed by atoms with van der Waals surface area (Å²) in [7, 11) is 0. The third-order valence-corrected chi connectivity index (χ3v) is 13.9. The fourth-order valence-electron chi connectivity index (χ4n) is 11.7. The van der Waals surface area contributed by atoms with Crippen molar-refractivity contribution < 1.29 is 4.42 Å². The molecule has 4 aliphatic carbocycles. The molecule has 0 saturated heterocycles. The Morgan fingerprint density at radius 2 is 1.22 bits per heavy atom. The molecule has 0 radical (unpaired) electrons. The lowest BCUT2D eigenvalue weighted by molar-refractivity contribution is 0.327. The average Bonchev–Trinajstić information content (AvgIpc) is 4.03. The molecule has 2 nitrogen and oxygen atoms in total. The van der Waals surface area contributed by atoms with Crippen LogP contribution in [0, 0.1) is 11.8 Å². The quantitative estimate of drug-likeness (QED) is 0.182. The van der Waals surface area contributed by atoms with E-state index in [1.54, 1.807) is 5.56 Å². The number of para-hydroxylation sites is 2. The molecule has 0 N–H and O–H groups in total. The van der Waals surface area contributed by atoms with Crippen LogP contribution in [-0.4, -0.2) is 0 Å². The van der Waals surface area contributed by atoms with Gasteiger partial charge >= 0.3 is 0 Å². The summed E-state index contributed by atoms with van der Waals surface area (Å²) >= 11 is 0. The van der Waals surface area contributed by atoms with E-state index in [0.717, 1.165) is 39.2 Å². The molecule has 2 fully saturated rings. The maximum absolute atomic E-state index is 6.74. The van der Waals surface area contributed by atoms with Crippen LogP contribution in [0.1, 0.15) is 61.8 Å². The topological polar surface area (TPSA) is 16.4 Å². The predicted molar refractivity (Wildman–Crippen MR) is 223 cm³/mol. The van der Waals surface area contributed by atoms with Crippen LogP contribution in [0.3, 0.4) is 0 Å². The second-order valence-electron chi connectivity index (χ2n) is 16.9. The first kappa shape index (κ1) is 30.6. The number of rotatable bonds is 4. The van der Waals surface area contributed by atoms with Crippen molar-refractivity contribution in [3.05, 3.63) is 174 Å². The molecule has 3 atom stereocenters. The van der Waals surface area contributed by atoms with E-state index < -0.39 is 0 Å². The van der Waals surface area contributed by atoms with Gasteiger partial charge in [0, 0.05) is 33.0 Å². The third kappa shape index (κ3) is 3.96. The Bertz CT molecular complexity index is 2840. The predicted octanol–water partition coefficient (Wildman–Crippen LogP) is 14.1. The van der Waals surface area contributed by atoms with Crippen molar-refractivity contribution in [2.45, 2.75) is 50.4 Å². The lowest BCUT2D eigenvalue weighted by Crippen LogP contribution is -2.32. The van der Waals surface area contributed by atoms with Crippen molar-refractivity contribution in [1.82, 2.24) is 0 Å². The molecular weight excluding hydrogens is 655 g/mol. The minimum atomic E-state index is -0.0815. The molecule has 0 aliphatic heterocycles. The Morgan fingerprint density at radius 1 is 0.556 bits per heavy atom. The van der Waals surface area contributed by atoms with E-state index in [4.69, 9.17) is 4.42 Å². The van der Waals surface area contributed by atoms with Crippen LogP contribution in [-0.2, 0) is 10.8 Å².